The number of ketones is 1. The van der Waals surface area contributed by atoms with Gasteiger partial charge in [-0.3, -0.25) is 4.79 Å². The van der Waals surface area contributed by atoms with E-state index < -0.39 is 0 Å². The molecular weight excluding hydrogens is 222 g/mol. The van der Waals surface area contributed by atoms with Crippen molar-refractivity contribution in [2.45, 2.75) is 59.8 Å². The van der Waals surface area contributed by atoms with Crippen molar-refractivity contribution < 1.29 is 4.79 Å². The molecule has 1 heterocycles. The maximum atomic E-state index is 12.5. The maximum Gasteiger partial charge on any atom is 0.142 e. The first kappa shape index (κ1) is 14.0. The molecular formula is C16H29NO. The van der Waals surface area contributed by atoms with Gasteiger partial charge in [0.05, 0.1) is 0 Å². The van der Waals surface area contributed by atoms with E-state index in [2.05, 4.69) is 32.6 Å². The van der Waals surface area contributed by atoms with Gasteiger partial charge in [-0.15, -0.1) is 0 Å². The van der Waals surface area contributed by atoms with E-state index in [1.54, 1.807) is 0 Å². The predicted octanol–water partition coefficient (Wildman–Crippen LogP) is 3.50. The van der Waals surface area contributed by atoms with Crippen molar-refractivity contribution in [1.29, 1.82) is 0 Å². The summed E-state index contributed by atoms with van der Waals surface area (Å²) < 4.78 is 0. The van der Waals surface area contributed by atoms with Crippen molar-refractivity contribution in [2.75, 3.05) is 19.6 Å². The number of hydrogen-bond acceptors (Lipinski definition) is 2. The van der Waals surface area contributed by atoms with Crippen LogP contribution in [0.1, 0.15) is 59.8 Å². The lowest BCUT2D eigenvalue weighted by molar-refractivity contribution is -0.135. The van der Waals surface area contributed by atoms with E-state index in [-0.39, 0.29) is 5.41 Å². The van der Waals surface area contributed by atoms with Crippen LogP contribution >= 0.6 is 0 Å². The monoisotopic (exact) mass is 251 g/mol. The van der Waals surface area contributed by atoms with Crippen LogP contribution in [0.15, 0.2) is 0 Å². The first-order valence-electron chi connectivity index (χ1n) is 7.57. The molecule has 1 saturated carbocycles. The summed E-state index contributed by atoms with van der Waals surface area (Å²) in [6.07, 6.45) is 6.03. The van der Waals surface area contributed by atoms with Crippen LogP contribution in [-0.4, -0.2) is 30.3 Å². The van der Waals surface area contributed by atoms with Gasteiger partial charge in [0.2, 0.25) is 0 Å². The minimum atomic E-state index is -0.0752. The van der Waals surface area contributed by atoms with E-state index in [0.717, 1.165) is 25.9 Å². The molecule has 0 radical (unpaired) electrons. The Morgan fingerprint density at radius 1 is 1.17 bits per heavy atom. The third-order valence-corrected chi connectivity index (χ3v) is 4.85. The second-order valence-electron chi connectivity index (χ2n) is 7.84. The Morgan fingerprint density at radius 3 is 2.56 bits per heavy atom. The van der Waals surface area contributed by atoms with Gasteiger partial charge in [-0.2, -0.15) is 0 Å². The molecule has 2 aliphatic rings. The molecule has 0 aromatic rings. The topological polar surface area (TPSA) is 20.3 Å². The van der Waals surface area contributed by atoms with Gasteiger partial charge in [0.15, 0.2) is 0 Å². The van der Waals surface area contributed by atoms with Crippen LogP contribution in [0.5, 0.6) is 0 Å². The van der Waals surface area contributed by atoms with E-state index in [0.29, 0.717) is 17.1 Å². The van der Waals surface area contributed by atoms with E-state index in [1.807, 2.05) is 0 Å². The average Bonchev–Trinajstić information content (AvgIpc) is 2.23. The number of Topliss-reactive ketones (excluding diaryl/α,β-unsaturated/α-hetero) is 1. The molecule has 2 fully saturated rings. The van der Waals surface area contributed by atoms with E-state index >= 15 is 0 Å². The summed E-state index contributed by atoms with van der Waals surface area (Å²) >= 11 is 0. The van der Waals surface area contributed by atoms with Crippen LogP contribution in [-0.2, 0) is 4.79 Å². The minimum Gasteiger partial charge on any atom is -0.302 e. The predicted molar refractivity (Wildman–Crippen MR) is 75.6 cm³/mol. The van der Waals surface area contributed by atoms with Gasteiger partial charge in [-0.1, -0.05) is 34.1 Å². The Bertz CT molecular complexity index is 319. The van der Waals surface area contributed by atoms with Crippen LogP contribution in [0.25, 0.3) is 0 Å². The van der Waals surface area contributed by atoms with E-state index in [1.165, 1.54) is 25.8 Å². The standard InChI is InChI=1S/C16H29NO/c1-15(2)8-6-10-17(12-15)11-13-7-5-9-16(3,4)14(13)18/h13H,5-12H2,1-4H3. The highest BCUT2D eigenvalue weighted by Crippen LogP contribution is 2.37. The summed E-state index contributed by atoms with van der Waals surface area (Å²) in [5.41, 5.74) is 0.361. The maximum absolute atomic E-state index is 12.5. The second kappa shape index (κ2) is 4.96. The zero-order valence-corrected chi connectivity index (χ0v) is 12.6. The Morgan fingerprint density at radius 2 is 1.89 bits per heavy atom. The second-order valence-corrected chi connectivity index (χ2v) is 7.84. The van der Waals surface area contributed by atoms with Crippen molar-refractivity contribution in [1.82, 2.24) is 4.90 Å². The van der Waals surface area contributed by atoms with Crippen molar-refractivity contribution in [3.63, 3.8) is 0 Å². The Balaban J connectivity index is 1.95. The number of carbonyl (C=O) groups is 1. The zero-order chi connectivity index (χ0) is 13.4. The van der Waals surface area contributed by atoms with Gasteiger partial charge in [-0.05, 0) is 37.6 Å². The lowest BCUT2D eigenvalue weighted by atomic mass is 9.70. The Labute approximate surface area is 112 Å². The van der Waals surface area contributed by atoms with Gasteiger partial charge in [0.25, 0.3) is 0 Å². The van der Waals surface area contributed by atoms with Crippen molar-refractivity contribution >= 4 is 5.78 Å². The fourth-order valence-electron chi connectivity index (χ4n) is 3.78. The smallest absolute Gasteiger partial charge is 0.142 e. The molecule has 2 heteroatoms. The van der Waals surface area contributed by atoms with Gasteiger partial charge < -0.3 is 4.90 Å². The molecule has 18 heavy (non-hydrogen) atoms. The quantitative estimate of drug-likeness (QED) is 0.748. The first-order valence-corrected chi connectivity index (χ1v) is 7.57. The molecule has 0 bridgehead atoms. The average molecular weight is 251 g/mol. The van der Waals surface area contributed by atoms with Crippen molar-refractivity contribution in [3.8, 4) is 0 Å². The van der Waals surface area contributed by atoms with Gasteiger partial charge >= 0.3 is 0 Å². The van der Waals surface area contributed by atoms with Crippen LogP contribution in [0.3, 0.4) is 0 Å². The molecule has 0 N–H and O–H groups in total. The van der Waals surface area contributed by atoms with Gasteiger partial charge in [0, 0.05) is 24.4 Å². The van der Waals surface area contributed by atoms with Gasteiger partial charge in [0.1, 0.15) is 5.78 Å². The number of piperidine rings is 1. The Kier molecular flexibility index (Phi) is 3.87. The lowest BCUT2D eigenvalue weighted by Gasteiger charge is -2.41. The largest absolute Gasteiger partial charge is 0.302 e. The number of likely N-dealkylation sites (tertiary alicyclic amines) is 1. The molecule has 1 unspecified atom stereocenters. The molecule has 1 atom stereocenters. The number of rotatable bonds is 2. The highest BCUT2D eigenvalue weighted by Gasteiger charge is 2.38. The lowest BCUT2D eigenvalue weighted by Crippen LogP contribution is -2.46. The molecule has 0 spiro atoms. The summed E-state index contributed by atoms with van der Waals surface area (Å²) in [7, 11) is 0. The third-order valence-electron chi connectivity index (χ3n) is 4.85. The molecule has 0 aromatic heterocycles. The SMILES string of the molecule is CC1(C)CCCN(CC2CCCC(C)(C)C2=O)C1. The molecule has 0 amide bonds. The summed E-state index contributed by atoms with van der Waals surface area (Å²) in [5.74, 6) is 0.805. The van der Waals surface area contributed by atoms with Crippen molar-refractivity contribution in [3.05, 3.63) is 0 Å². The van der Waals surface area contributed by atoms with Gasteiger partial charge in [-0.25, -0.2) is 0 Å². The third kappa shape index (κ3) is 3.14. The molecule has 1 saturated heterocycles. The van der Waals surface area contributed by atoms with Crippen LogP contribution in [0.2, 0.25) is 0 Å². The molecule has 1 aliphatic heterocycles. The molecule has 104 valence electrons. The first-order chi connectivity index (χ1) is 8.30. The van der Waals surface area contributed by atoms with Crippen LogP contribution in [0, 0.1) is 16.7 Å². The highest BCUT2D eigenvalue weighted by atomic mass is 16.1. The minimum absolute atomic E-state index is 0.0752. The molecule has 2 rings (SSSR count). The van der Waals surface area contributed by atoms with Crippen molar-refractivity contribution in [2.24, 2.45) is 16.7 Å². The fraction of sp³-hybridized carbons (Fsp3) is 0.938. The number of nitrogens with zero attached hydrogens (tertiary/aromatic N) is 1. The summed E-state index contributed by atoms with van der Waals surface area (Å²) in [6.45, 7) is 12.3. The molecule has 2 nitrogen and oxygen atoms in total. The normalized spacial score (nSPS) is 32.4. The van der Waals surface area contributed by atoms with E-state index in [4.69, 9.17) is 0 Å². The number of hydrogen-bond donors (Lipinski definition) is 0. The zero-order valence-electron chi connectivity index (χ0n) is 12.6. The summed E-state index contributed by atoms with van der Waals surface area (Å²) in [5, 5.41) is 0. The fourth-order valence-corrected chi connectivity index (χ4v) is 3.78. The molecule has 1 aliphatic carbocycles. The van der Waals surface area contributed by atoms with E-state index in [9.17, 15) is 4.79 Å². The molecule has 0 aromatic carbocycles. The summed E-state index contributed by atoms with van der Waals surface area (Å²) in [6, 6.07) is 0. The van der Waals surface area contributed by atoms with Crippen LogP contribution < -0.4 is 0 Å². The highest BCUT2D eigenvalue weighted by molar-refractivity contribution is 5.87. The van der Waals surface area contributed by atoms with Crippen LogP contribution in [0.4, 0.5) is 0 Å². The summed E-state index contributed by atoms with van der Waals surface area (Å²) in [4.78, 5) is 15.0. The Hall–Kier alpha value is -0.370. The number of carbonyl (C=O) groups excluding carboxylic acids is 1.